The summed E-state index contributed by atoms with van der Waals surface area (Å²) in [5.41, 5.74) is 0. The summed E-state index contributed by atoms with van der Waals surface area (Å²) in [6.45, 7) is 5.57. The lowest BCUT2D eigenvalue weighted by atomic mass is 10.1. The van der Waals surface area contributed by atoms with Crippen LogP contribution in [-0.2, 0) is 14.3 Å². The zero-order chi connectivity index (χ0) is 16.1. The highest BCUT2D eigenvalue weighted by molar-refractivity contribution is 8.00. The average molecular weight is 328 g/mol. The van der Waals surface area contributed by atoms with Gasteiger partial charge in [-0.1, -0.05) is 13.8 Å². The van der Waals surface area contributed by atoms with E-state index in [0.717, 1.165) is 25.7 Å². The Kier molecular flexibility index (Phi) is 6.56. The van der Waals surface area contributed by atoms with Gasteiger partial charge in [0.05, 0.1) is 5.37 Å². The molecule has 5 nitrogen and oxygen atoms in total. The maximum atomic E-state index is 12.6. The van der Waals surface area contributed by atoms with Crippen LogP contribution in [0.2, 0.25) is 0 Å². The number of rotatable bonds is 8. The van der Waals surface area contributed by atoms with Gasteiger partial charge in [0.1, 0.15) is 6.04 Å². The summed E-state index contributed by atoms with van der Waals surface area (Å²) in [6.07, 6.45) is 3.72. The van der Waals surface area contributed by atoms with Gasteiger partial charge in [-0.15, -0.1) is 11.8 Å². The van der Waals surface area contributed by atoms with E-state index in [9.17, 15) is 9.59 Å². The number of methoxy groups -OCH3 is 1. The first kappa shape index (κ1) is 17.6. The molecule has 0 aromatic heterocycles. The van der Waals surface area contributed by atoms with E-state index in [1.54, 1.807) is 18.9 Å². The predicted octanol–water partition coefficient (Wildman–Crippen LogP) is 1.87. The topological polar surface area (TPSA) is 58.6 Å². The van der Waals surface area contributed by atoms with Gasteiger partial charge in [0, 0.05) is 31.9 Å². The molecule has 1 aliphatic heterocycles. The summed E-state index contributed by atoms with van der Waals surface area (Å²) < 4.78 is 4.99. The zero-order valence-electron chi connectivity index (χ0n) is 13.8. The molecule has 2 unspecified atom stereocenters. The van der Waals surface area contributed by atoms with Crippen molar-refractivity contribution in [2.45, 2.75) is 50.9 Å². The molecule has 2 rings (SSSR count). The van der Waals surface area contributed by atoms with E-state index in [1.807, 2.05) is 4.90 Å². The molecule has 6 heteroatoms. The molecule has 1 saturated heterocycles. The lowest BCUT2D eigenvalue weighted by molar-refractivity contribution is -0.141. The fraction of sp³-hybridized carbons (Fsp3) is 0.875. The van der Waals surface area contributed by atoms with Crippen LogP contribution < -0.4 is 5.32 Å². The molecule has 0 radical (unpaired) electrons. The Hall–Kier alpha value is -0.750. The second-order valence-corrected chi connectivity index (χ2v) is 7.80. The number of thioether (sulfide) groups is 1. The Morgan fingerprint density at radius 1 is 1.36 bits per heavy atom. The number of carbonyl (C=O) groups is 2. The fourth-order valence-electron chi connectivity index (χ4n) is 2.73. The first-order valence-corrected chi connectivity index (χ1v) is 9.30. The SMILES string of the molecule is COCCCNC(=O)C1CSC(CC(C)C)N1C(=O)C1CC1. The minimum absolute atomic E-state index is 0.0103. The lowest BCUT2D eigenvalue weighted by Crippen LogP contribution is -2.50. The van der Waals surface area contributed by atoms with Crippen molar-refractivity contribution in [3.05, 3.63) is 0 Å². The number of hydrogen-bond acceptors (Lipinski definition) is 4. The highest BCUT2D eigenvalue weighted by Crippen LogP contribution is 2.39. The molecule has 2 atom stereocenters. The number of ether oxygens (including phenoxy) is 1. The molecule has 2 fully saturated rings. The third kappa shape index (κ3) is 4.62. The highest BCUT2D eigenvalue weighted by atomic mass is 32.2. The predicted molar refractivity (Wildman–Crippen MR) is 88.6 cm³/mol. The summed E-state index contributed by atoms with van der Waals surface area (Å²) in [7, 11) is 1.65. The van der Waals surface area contributed by atoms with Crippen molar-refractivity contribution in [2.24, 2.45) is 11.8 Å². The summed E-state index contributed by atoms with van der Waals surface area (Å²) in [6, 6.07) is -0.301. The van der Waals surface area contributed by atoms with Crippen molar-refractivity contribution in [3.63, 3.8) is 0 Å². The molecule has 2 aliphatic rings. The van der Waals surface area contributed by atoms with Gasteiger partial charge in [-0.25, -0.2) is 0 Å². The van der Waals surface area contributed by atoms with E-state index in [2.05, 4.69) is 19.2 Å². The van der Waals surface area contributed by atoms with Crippen molar-refractivity contribution >= 4 is 23.6 Å². The van der Waals surface area contributed by atoms with Gasteiger partial charge in [0.25, 0.3) is 0 Å². The first-order chi connectivity index (χ1) is 10.5. The van der Waals surface area contributed by atoms with Gasteiger partial charge < -0.3 is 15.0 Å². The Labute approximate surface area is 137 Å². The van der Waals surface area contributed by atoms with Crippen LogP contribution in [-0.4, -0.2) is 54.1 Å². The van der Waals surface area contributed by atoms with E-state index < -0.39 is 0 Å². The maximum Gasteiger partial charge on any atom is 0.243 e. The molecule has 0 aromatic carbocycles. The van der Waals surface area contributed by atoms with Gasteiger partial charge in [-0.05, 0) is 31.6 Å². The van der Waals surface area contributed by atoms with Crippen LogP contribution in [0.1, 0.15) is 39.5 Å². The monoisotopic (exact) mass is 328 g/mol. The second-order valence-electron chi connectivity index (χ2n) is 6.59. The minimum Gasteiger partial charge on any atom is -0.385 e. The zero-order valence-corrected chi connectivity index (χ0v) is 14.7. The van der Waals surface area contributed by atoms with Gasteiger partial charge in [0.2, 0.25) is 11.8 Å². The highest BCUT2D eigenvalue weighted by Gasteiger charge is 2.45. The molecule has 2 amide bonds. The normalized spacial score (nSPS) is 24.8. The van der Waals surface area contributed by atoms with Gasteiger partial charge in [-0.2, -0.15) is 0 Å². The molecule has 0 aromatic rings. The minimum atomic E-state index is -0.301. The summed E-state index contributed by atoms with van der Waals surface area (Å²) in [4.78, 5) is 26.9. The molecule has 0 bridgehead atoms. The molecule has 22 heavy (non-hydrogen) atoms. The smallest absolute Gasteiger partial charge is 0.243 e. The van der Waals surface area contributed by atoms with Gasteiger partial charge in [0.15, 0.2) is 0 Å². The lowest BCUT2D eigenvalue weighted by Gasteiger charge is -2.30. The Morgan fingerprint density at radius 2 is 2.09 bits per heavy atom. The van der Waals surface area contributed by atoms with Crippen LogP contribution in [0, 0.1) is 11.8 Å². The summed E-state index contributed by atoms with van der Waals surface area (Å²) >= 11 is 1.75. The van der Waals surface area contributed by atoms with E-state index in [-0.39, 0.29) is 29.1 Å². The molecular weight excluding hydrogens is 300 g/mol. The van der Waals surface area contributed by atoms with Crippen LogP contribution >= 0.6 is 11.8 Å². The van der Waals surface area contributed by atoms with E-state index in [4.69, 9.17) is 4.74 Å². The molecular formula is C16H28N2O3S. The van der Waals surface area contributed by atoms with Crippen molar-refractivity contribution in [1.29, 1.82) is 0 Å². The van der Waals surface area contributed by atoms with Gasteiger partial charge >= 0.3 is 0 Å². The number of hydrogen-bond donors (Lipinski definition) is 1. The third-order valence-electron chi connectivity index (χ3n) is 4.07. The second kappa shape index (κ2) is 8.20. The van der Waals surface area contributed by atoms with Crippen LogP contribution in [0.25, 0.3) is 0 Å². The van der Waals surface area contributed by atoms with Crippen LogP contribution in [0.4, 0.5) is 0 Å². The molecule has 0 spiro atoms. The largest absolute Gasteiger partial charge is 0.385 e. The molecule has 1 heterocycles. The van der Waals surface area contributed by atoms with E-state index >= 15 is 0 Å². The van der Waals surface area contributed by atoms with Crippen LogP contribution in [0.5, 0.6) is 0 Å². The summed E-state index contributed by atoms with van der Waals surface area (Å²) in [5, 5.41) is 3.11. The number of nitrogens with zero attached hydrogens (tertiary/aromatic N) is 1. The Bertz CT molecular complexity index is 399. The number of carbonyl (C=O) groups excluding carboxylic acids is 2. The van der Waals surface area contributed by atoms with E-state index in [0.29, 0.717) is 24.8 Å². The average Bonchev–Trinajstić information content (AvgIpc) is 3.24. The molecule has 126 valence electrons. The van der Waals surface area contributed by atoms with Gasteiger partial charge in [-0.3, -0.25) is 9.59 Å². The van der Waals surface area contributed by atoms with Crippen molar-refractivity contribution in [1.82, 2.24) is 10.2 Å². The van der Waals surface area contributed by atoms with Crippen molar-refractivity contribution < 1.29 is 14.3 Å². The first-order valence-electron chi connectivity index (χ1n) is 8.25. The third-order valence-corrected chi connectivity index (χ3v) is 5.39. The van der Waals surface area contributed by atoms with Crippen LogP contribution in [0.15, 0.2) is 0 Å². The van der Waals surface area contributed by atoms with Crippen LogP contribution in [0.3, 0.4) is 0 Å². The standard InChI is InChI=1S/C16H28N2O3S/c1-11(2)9-14-18(16(20)12-5-6-12)13(10-22-14)15(19)17-7-4-8-21-3/h11-14H,4-10H2,1-3H3,(H,17,19). The number of amides is 2. The molecule has 1 N–H and O–H groups in total. The fourth-order valence-corrected chi connectivity index (χ4v) is 4.38. The number of nitrogens with one attached hydrogen (secondary N) is 1. The van der Waals surface area contributed by atoms with E-state index in [1.165, 1.54) is 0 Å². The quantitative estimate of drug-likeness (QED) is 0.691. The maximum absolute atomic E-state index is 12.6. The molecule has 1 aliphatic carbocycles. The Balaban J connectivity index is 1.95. The Morgan fingerprint density at radius 3 is 2.68 bits per heavy atom. The summed E-state index contributed by atoms with van der Waals surface area (Å²) in [5.74, 6) is 1.58. The molecule has 1 saturated carbocycles. The van der Waals surface area contributed by atoms with Crippen molar-refractivity contribution in [3.8, 4) is 0 Å². The van der Waals surface area contributed by atoms with Crippen molar-refractivity contribution in [2.75, 3.05) is 26.0 Å².